The van der Waals surface area contributed by atoms with Gasteiger partial charge in [-0.2, -0.15) is 5.26 Å². The Labute approximate surface area is 251 Å². The van der Waals surface area contributed by atoms with E-state index in [0.29, 0.717) is 6.07 Å². The van der Waals surface area contributed by atoms with Crippen LogP contribution < -0.4 is 4.74 Å². The summed E-state index contributed by atoms with van der Waals surface area (Å²) in [5.41, 5.74) is -1.68. The van der Waals surface area contributed by atoms with Gasteiger partial charge in [0.2, 0.25) is 0 Å². The van der Waals surface area contributed by atoms with Crippen molar-refractivity contribution in [3.05, 3.63) is 112 Å². The number of aliphatic hydroxyl groups excluding tert-OH is 1. The smallest absolute Gasteiger partial charge is 0.251 e. The third kappa shape index (κ3) is 6.46. The summed E-state index contributed by atoms with van der Waals surface area (Å²) in [5.74, 6) is -6.24. The molecule has 45 heavy (non-hydrogen) atoms. The molecule has 2 N–H and O–H groups in total. The number of nitrogens with zero attached hydrogens (tertiary/aromatic N) is 4. The average Bonchev–Trinajstić information content (AvgIpc) is 3.35. The third-order valence-corrected chi connectivity index (χ3v) is 6.92. The molecule has 0 aliphatic carbocycles. The second kappa shape index (κ2) is 12.9. The number of aromatic nitrogens is 3. The van der Waals surface area contributed by atoms with Crippen LogP contribution in [0.5, 0.6) is 5.88 Å². The Morgan fingerprint density at radius 2 is 1.58 bits per heavy atom. The number of fused-ring (bicyclic) bond motifs is 1. The number of imidazole rings is 1. The van der Waals surface area contributed by atoms with E-state index >= 15 is 8.78 Å². The summed E-state index contributed by atoms with van der Waals surface area (Å²) in [5, 5.41) is 27.9. The van der Waals surface area contributed by atoms with Crippen LogP contribution in [0.15, 0.2) is 48.5 Å². The average molecular weight is 629 g/mol. The standard InChI is InChI=1S/C31H22F6N4O4/c1-44-5-4-41-27-10-16(31(42)43)7-25(37)29(27)40-28(41)11-15-6-24(36)19(12-23(15)35)26-3-2-20(32)30(39-26)45-14-18-9-21(33)17(13-38)8-22(18)34/h2-3,6-10,12,31,42-43H,4-5,11,14H2,1H3. The zero-order valence-electron chi connectivity index (χ0n) is 23.3. The summed E-state index contributed by atoms with van der Waals surface area (Å²) in [4.78, 5) is 8.13. The molecule has 8 nitrogen and oxygen atoms in total. The Balaban J connectivity index is 1.45. The van der Waals surface area contributed by atoms with Gasteiger partial charge in [-0.15, -0.1) is 0 Å². The number of rotatable bonds is 10. The number of benzene rings is 3. The minimum Gasteiger partial charge on any atom is -0.471 e. The second-order valence-corrected chi connectivity index (χ2v) is 9.82. The molecule has 0 radical (unpaired) electrons. The second-order valence-electron chi connectivity index (χ2n) is 9.82. The first kappa shape index (κ1) is 31.5. The van der Waals surface area contributed by atoms with Crippen LogP contribution >= 0.6 is 0 Å². The number of nitriles is 1. The normalized spacial score (nSPS) is 11.4. The fourth-order valence-corrected chi connectivity index (χ4v) is 4.66. The number of hydrogen-bond acceptors (Lipinski definition) is 7. The zero-order chi connectivity index (χ0) is 32.4. The highest BCUT2D eigenvalue weighted by atomic mass is 19.1. The highest BCUT2D eigenvalue weighted by Gasteiger charge is 2.21. The molecule has 232 valence electrons. The summed E-state index contributed by atoms with van der Waals surface area (Å²) in [6.45, 7) is -0.396. The third-order valence-electron chi connectivity index (χ3n) is 6.92. The van der Waals surface area contributed by atoms with Crippen LogP contribution in [0, 0.1) is 46.2 Å². The van der Waals surface area contributed by atoms with E-state index in [1.54, 1.807) is 0 Å². The highest BCUT2D eigenvalue weighted by Crippen LogP contribution is 2.30. The van der Waals surface area contributed by atoms with Crippen molar-refractivity contribution in [2.24, 2.45) is 0 Å². The molecule has 2 aromatic heterocycles. The molecular formula is C31H22F6N4O4. The number of methoxy groups -OCH3 is 1. The van der Waals surface area contributed by atoms with Crippen molar-refractivity contribution in [1.29, 1.82) is 5.26 Å². The summed E-state index contributed by atoms with van der Waals surface area (Å²) in [6.07, 6.45) is -2.25. The largest absolute Gasteiger partial charge is 0.471 e. The van der Waals surface area contributed by atoms with Gasteiger partial charge in [0, 0.05) is 36.8 Å². The van der Waals surface area contributed by atoms with Crippen molar-refractivity contribution in [2.45, 2.75) is 25.9 Å². The van der Waals surface area contributed by atoms with Crippen LogP contribution in [0.3, 0.4) is 0 Å². The molecule has 5 rings (SSSR count). The minimum absolute atomic E-state index is 0.116. The Hall–Kier alpha value is -4.97. The Morgan fingerprint density at radius 3 is 2.29 bits per heavy atom. The van der Waals surface area contributed by atoms with E-state index < -0.39 is 59.2 Å². The lowest BCUT2D eigenvalue weighted by Crippen LogP contribution is -2.10. The maximum absolute atomic E-state index is 15.4. The first-order chi connectivity index (χ1) is 21.5. The van der Waals surface area contributed by atoms with Gasteiger partial charge in [-0.05, 0) is 54.1 Å². The van der Waals surface area contributed by atoms with Crippen molar-refractivity contribution in [3.8, 4) is 23.2 Å². The monoisotopic (exact) mass is 628 g/mol. The molecule has 0 fully saturated rings. The van der Waals surface area contributed by atoms with E-state index in [1.165, 1.54) is 23.8 Å². The van der Waals surface area contributed by atoms with Gasteiger partial charge in [-0.25, -0.2) is 36.3 Å². The molecule has 5 aromatic rings. The van der Waals surface area contributed by atoms with E-state index in [-0.39, 0.29) is 64.4 Å². The van der Waals surface area contributed by atoms with Gasteiger partial charge in [0.15, 0.2) is 17.9 Å². The number of pyridine rings is 1. The van der Waals surface area contributed by atoms with Crippen LogP contribution in [0.4, 0.5) is 26.3 Å². The summed E-state index contributed by atoms with van der Waals surface area (Å²) >= 11 is 0. The molecule has 14 heteroatoms. The van der Waals surface area contributed by atoms with Gasteiger partial charge >= 0.3 is 0 Å². The summed E-state index contributed by atoms with van der Waals surface area (Å²) < 4.78 is 99.9. The molecule has 3 aromatic carbocycles. The van der Waals surface area contributed by atoms with Crippen LogP contribution in [0.2, 0.25) is 0 Å². The van der Waals surface area contributed by atoms with Gasteiger partial charge in [-0.1, -0.05) is 0 Å². The predicted molar refractivity (Wildman–Crippen MR) is 147 cm³/mol. The summed E-state index contributed by atoms with van der Waals surface area (Å²) in [6, 6.07) is 8.75. The van der Waals surface area contributed by atoms with E-state index in [1.807, 2.05) is 0 Å². The quantitative estimate of drug-likeness (QED) is 0.153. The van der Waals surface area contributed by atoms with Gasteiger partial charge in [0.05, 0.1) is 23.4 Å². The van der Waals surface area contributed by atoms with Crippen molar-refractivity contribution in [1.82, 2.24) is 14.5 Å². The lowest BCUT2D eigenvalue weighted by molar-refractivity contribution is -0.0426. The van der Waals surface area contributed by atoms with E-state index in [0.717, 1.165) is 36.4 Å². The van der Waals surface area contributed by atoms with Gasteiger partial charge < -0.3 is 24.3 Å². The molecular weight excluding hydrogens is 606 g/mol. The Bertz CT molecular complexity index is 1960. The zero-order valence-corrected chi connectivity index (χ0v) is 23.3. The predicted octanol–water partition coefficient (Wildman–Crippen LogP) is 5.60. The molecule has 2 heterocycles. The van der Waals surface area contributed by atoms with Crippen molar-refractivity contribution < 1.29 is 46.0 Å². The molecule has 0 atom stereocenters. The van der Waals surface area contributed by atoms with Gasteiger partial charge in [0.25, 0.3) is 5.88 Å². The molecule has 0 saturated carbocycles. The fraction of sp³-hybridized carbons (Fsp3) is 0.194. The first-order valence-corrected chi connectivity index (χ1v) is 13.2. The van der Waals surface area contributed by atoms with E-state index in [4.69, 9.17) is 14.7 Å². The molecule has 0 bridgehead atoms. The summed E-state index contributed by atoms with van der Waals surface area (Å²) in [7, 11) is 1.43. The SMILES string of the molecule is COCCn1c(Cc2cc(F)c(-c3ccc(F)c(OCc4cc(F)c(C#N)cc4F)n3)cc2F)nc2c(F)cc(C(O)O)cc21. The number of ether oxygens (including phenoxy) is 2. The van der Waals surface area contributed by atoms with Gasteiger partial charge in [0.1, 0.15) is 47.3 Å². The topological polar surface area (TPSA) is 113 Å². The Morgan fingerprint density at radius 1 is 0.844 bits per heavy atom. The number of halogens is 6. The van der Waals surface area contributed by atoms with E-state index in [2.05, 4.69) is 9.97 Å². The van der Waals surface area contributed by atoms with Crippen LogP contribution in [0.25, 0.3) is 22.3 Å². The fourth-order valence-electron chi connectivity index (χ4n) is 4.66. The van der Waals surface area contributed by atoms with Crippen LogP contribution in [-0.4, -0.2) is 38.5 Å². The lowest BCUT2D eigenvalue weighted by Gasteiger charge is -2.12. The van der Waals surface area contributed by atoms with E-state index in [9.17, 15) is 27.8 Å². The molecule has 0 aliphatic rings. The molecule has 0 amide bonds. The van der Waals surface area contributed by atoms with Crippen molar-refractivity contribution in [3.63, 3.8) is 0 Å². The number of hydrogen-bond donors (Lipinski definition) is 2. The lowest BCUT2D eigenvalue weighted by atomic mass is 10.0. The highest BCUT2D eigenvalue weighted by molar-refractivity contribution is 5.78. The van der Waals surface area contributed by atoms with Crippen LogP contribution in [-0.2, 0) is 24.3 Å². The maximum Gasteiger partial charge on any atom is 0.251 e. The van der Waals surface area contributed by atoms with Crippen molar-refractivity contribution in [2.75, 3.05) is 13.7 Å². The Kier molecular flexibility index (Phi) is 9.05. The first-order valence-electron chi connectivity index (χ1n) is 13.2. The number of aliphatic hydroxyl groups is 2. The van der Waals surface area contributed by atoms with Gasteiger partial charge in [-0.3, -0.25) is 0 Å². The molecule has 0 unspecified atom stereocenters. The minimum atomic E-state index is -1.96. The van der Waals surface area contributed by atoms with Crippen LogP contribution in [0.1, 0.15) is 34.4 Å². The maximum atomic E-state index is 15.4. The molecule has 0 aliphatic heterocycles. The molecule has 0 spiro atoms. The molecule has 0 saturated heterocycles. The van der Waals surface area contributed by atoms with Crippen molar-refractivity contribution >= 4 is 11.0 Å².